The van der Waals surface area contributed by atoms with Gasteiger partial charge in [0.1, 0.15) is 18.0 Å². The van der Waals surface area contributed by atoms with Gasteiger partial charge >= 0.3 is 0 Å². The number of nitrogens with one attached hydrogen (secondary N) is 1. The van der Waals surface area contributed by atoms with Gasteiger partial charge in [0.25, 0.3) is 6.43 Å². The van der Waals surface area contributed by atoms with Crippen LogP contribution in [-0.2, 0) is 18.1 Å². The van der Waals surface area contributed by atoms with E-state index in [1.807, 2.05) is 24.3 Å². The van der Waals surface area contributed by atoms with Crippen molar-refractivity contribution in [3.63, 3.8) is 0 Å². The molecule has 0 fully saturated rings. The summed E-state index contributed by atoms with van der Waals surface area (Å²) in [5, 5.41) is 10.3. The van der Waals surface area contributed by atoms with Gasteiger partial charge in [0.05, 0.1) is 28.8 Å². The second-order valence-corrected chi connectivity index (χ2v) is 7.08. The first kappa shape index (κ1) is 20.3. The predicted octanol–water partition coefficient (Wildman–Crippen LogP) is 4.42. The van der Waals surface area contributed by atoms with E-state index in [0.29, 0.717) is 17.1 Å². The molecule has 3 rings (SSSR count). The Kier molecular flexibility index (Phi) is 6.30. The molecule has 0 aliphatic rings. The van der Waals surface area contributed by atoms with Gasteiger partial charge in [0.2, 0.25) is 5.91 Å². The molecular formula is C17H15BrClF2N5O2. The Morgan fingerprint density at radius 2 is 2.07 bits per heavy atom. The lowest BCUT2D eigenvalue weighted by atomic mass is 10.3. The zero-order valence-corrected chi connectivity index (χ0v) is 16.9. The van der Waals surface area contributed by atoms with Crippen molar-refractivity contribution in [1.82, 2.24) is 19.6 Å². The van der Waals surface area contributed by atoms with E-state index < -0.39 is 18.0 Å². The first-order valence-electron chi connectivity index (χ1n) is 8.05. The van der Waals surface area contributed by atoms with Crippen LogP contribution in [0.1, 0.15) is 17.8 Å². The number of ether oxygens (including phenoxy) is 1. The fourth-order valence-electron chi connectivity index (χ4n) is 2.35. The molecule has 28 heavy (non-hydrogen) atoms. The Hall–Kier alpha value is -2.46. The molecular weight excluding hydrogens is 460 g/mol. The van der Waals surface area contributed by atoms with Crippen LogP contribution in [0.15, 0.2) is 41.1 Å². The molecule has 1 amide bonds. The van der Waals surface area contributed by atoms with Crippen molar-refractivity contribution < 1.29 is 18.3 Å². The maximum atomic E-state index is 12.8. The van der Waals surface area contributed by atoms with Crippen LogP contribution in [-0.4, -0.2) is 25.5 Å². The molecule has 0 radical (unpaired) electrons. The third kappa shape index (κ3) is 4.87. The van der Waals surface area contributed by atoms with E-state index in [4.69, 9.17) is 16.3 Å². The lowest BCUT2D eigenvalue weighted by molar-refractivity contribution is -0.117. The SMILES string of the molecule is Cc1c(Cl)c(C(F)F)nn1CC(=O)Nc1cnn(COc2ccc(Br)cc2)c1. The molecule has 0 spiro atoms. The van der Waals surface area contributed by atoms with Crippen molar-refractivity contribution >= 4 is 39.1 Å². The average molecular weight is 475 g/mol. The third-order valence-corrected chi connectivity index (χ3v) is 4.75. The maximum absolute atomic E-state index is 12.8. The van der Waals surface area contributed by atoms with Crippen molar-refractivity contribution in [3.8, 4) is 5.75 Å². The number of aromatic nitrogens is 4. The summed E-state index contributed by atoms with van der Waals surface area (Å²) in [6.07, 6.45) is 0.236. The van der Waals surface area contributed by atoms with E-state index in [-0.39, 0.29) is 18.3 Å². The Labute approximate surface area is 172 Å². The van der Waals surface area contributed by atoms with E-state index >= 15 is 0 Å². The summed E-state index contributed by atoms with van der Waals surface area (Å²) in [6.45, 7) is 1.42. The van der Waals surface area contributed by atoms with Crippen molar-refractivity contribution in [1.29, 1.82) is 0 Å². The number of hydrogen-bond acceptors (Lipinski definition) is 4. The van der Waals surface area contributed by atoms with E-state index in [0.717, 1.165) is 9.15 Å². The van der Waals surface area contributed by atoms with Crippen LogP contribution in [0.3, 0.4) is 0 Å². The predicted molar refractivity (Wildman–Crippen MR) is 103 cm³/mol. The normalized spacial score (nSPS) is 11.1. The minimum absolute atomic E-state index is 0.138. The van der Waals surface area contributed by atoms with E-state index in [9.17, 15) is 13.6 Å². The second kappa shape index (κ2) is 8.70. The largest absolute Gasteiger partial charge is 0.471 e. The van der Waals surface area contributed by atoms with Crippen molar-refractivity contribution in [2.24, 2.45) is 0 Å². The molecule has 0 atom stereocenters. The monoisotopic (exact) mass is 473 g/mol. The van der Waals surface area contributed by atoms with Gasteiger partial charge in [-0.3, -0.25) is 9.48 Å². The Morgan fingerprint density at radius 1 is 1.36 bits per heavy atom. The van der Waals surface area contributed by atoms with Crippen LogP contribution in [0, 0.1) is 6.92 Å². The molecule has 0 aliphatic carbocycles. The first-order valence-corrected chi connectivity index (χ1v) is 9.22. The first-order chi connectivity index (χ1) is 13.3. The molecule has 1 aromatic carbocycles. The van der Waals surface area contributed by atoms with Crippen molar-refractivity contribution in [2.75, 3.05) is 5.32 Å². The Bertz CT molecular complexity index is 975. The van der Waals surface area contributed by atoms with Gasteiger partial charge in [-0.05, 0) is 31.2 Å². The van der Waals surface area contributed by atoms with Gasteiger partial charge in [0, 0.05) is 4.47 Å². The van der Waals surface area contributed by atoms with Gasteiger partial charge in [-0.2, -0.15) is 10.2 Å². The van der Waals surface area contributed by atoms with Gasteiger partial charge in [-0.1, -0.05) is 27.5 Å². The maximum Gasteiger partial charge on any atom is 0.283 e. The number of carbonyl (C=O) groups excluding carboxylic acids is 1. The van der Waals surface area contributed by atoms with Gasteiger partial charge in [-0.15, -0.1) is 0 Å². The van der Waals surface area contributed by atoms with Crippen molar-refractivity contribution in [2.45, 2.75) is 26.6 Å². The highest BCUT2D eigenvalue weighted by atomic mass is 79.9. The molecule has 0 bridgehead atoms. The number of benzene rings is 1. The summed E-state index contributed by atoms with van der Waals surface area (Å²) in [5.74, 6) is 0.224. The molecule has 7 nitrogen and oxygen atoms in total. The highest BCUT2D eigenvalue weighted by Crippen LogP contribution is 2.28. The zero-order valence-electron chi connectivity index (χ0n) is 14.6. The highest BCUT2D eigenvalue weighted by Gasteiger charge is 2.21. The number of hydrogen-bond donors (Lipinski definition) is 1. The summed E-state index contributed by atoms with van der Waals surface area (Å²) in [4.78, 5) is 12.2. The number of alkyl halides is 2. The van der Waals surface area contributed by atoms with Crippen LogP contribution in [0.2, 0.25) is 5.02 Å². The number of carbonyl (C=O) groups is 1. The molecule has 2 aromatic heterocycles. The number of rotatable bonds is 7. The molecule has 2 heterocycles. The van der Waals surface area contributed by atoms with Gasteiger partial charge in [0.15, 0.2) is 6.73 Å². The van der Waals surface area contributed by atoms with Crippen LogP contribution in [0.25, 0.3) is 0 Å². The van der Waals surface area contributed by atoms with Gasteiger partial charge in [-0.25, -0.2) is 13.5 Å². The number of nitrogens with zero attached hydrogens (tertiary/aromatic N) is 4. The number of anilines is 1. The average Bonchev–Trinajstić information content (AvgIpc) is 3.20. The summed E-state index contributed by atoms with van der Waals surface area (Å²) in [5.41, 5.74) is 0.199. The summed E-state index contributed by atoms with van der Waals surface area (Å²) < 4.78 is 34.8. The molecule has 11 heteroatoms. The lowest BCUT2D eigenvalue weighted by Gasteiger charge is -2.06. The van der Waals surface area contributed by atoms with Crippen LogP contribution >= 0.6 is 27.5 Å². The van der Waals surface area contributed by atoms with Gasteiger partial charge < -0.3 is 10.1 Å². The molecule has 0 aliphatic heterocycles. The quantitative estimate of drug-likeness (QED) is 0.550. The van der Waals surface area contributed by atoms with E-state index in [1.54, 1.807) is 6.20 Å². The minimum atomic E-state index is -2.81. The standard InChI is InChI=1S/C17H15BrClF2N5O2/c1-10-15(19)16(17(20)21)24-26(10)8-14(27)23-12-6-22-25(7-12)9-28-13-4-2-11(18)3-5-13/h2-7,17H,8-9H2,1H3,(H,23,27). The molecule has 3 aromatic rings. The molecule has 148 valence electrons. The van der Waals surface area contributed by atoms with E-state index in [1.165, 1.54) is 17.8 Å². The highest BCUT2D eigenvalue weighted by molar-refractivity contribution is 9.10. The van der Waals surface area contributed by atoms with E-state index in [2.05, 4.69) is 31.4 Å². The lowest BCUT2D eigenvalue weighted by Crippen LogP contribution is -2.20. The minimum Gasteiger partial charge on any atom is -0.471 e. The van der Waals surface area contributed by atoms with Crippen LogP contribution in [0.5, 0.6) is 5.75 Å². The smallest absolute Gasteiger partial charge is 0.283 e. The summed E-state index contributed by atoms with van der Waals surface area (Å²) >= 11 is 9.17. The van der Waals surface area contributed by atoms with Crippen LogP contribution < -0.4 is 10.1 Å². The third-order valence-electron chi connectivity index (χ3n) is 3.75. The Balaban J connectivity index is 1.56. The van der Waals surface area contributed by atoms with Crippen molar-refractivity contribution in [3.05, 3.63) is 57.5 Å². The Morgan fingerprint density at radius 3 is 2.71 bits per heavy atom. The van der Waals surface area contributed by atoms with Crippen LogP contribution in [0.4, 0.5) is 14.5 Å². The fourth-order valence-corrected chi connectivity index (χ4v) is 2.83. The molecule has 0 saturated heterocycles. The molecule has 0 unspecified atom stereocenters. The second-order valence-electron chi connectivity index (χ2n) is 5.79. The summed E-state index contributed by atoms with van der Waals surface area (Å²) in [7, 11) is 0. The topological polar surface area (TPSA) is 74.0 Å². The fraction of sp³-hybridized carbons (Fsp3) is 0.235. The number of amides is 1. The summed E-state index contributed by atoms with van der Waals surface area (Å²) in [6, 6.07) is 7.32. The zero-order chi connectivity index (χ0) is 20.3. The molecule has 0 saturated carbocycles. The number of halogens is 4. The molecule has 1 N–H and O–H groups in total.